The predicted octanol–water partition coefficient (Wildman–Crippen LogP) is 4.33. The first kappa shape index (κ1) is 22.6. The third-order valence-electron chi connectivity index (χ3n) is 4.45. The Morgan fingerprint density at radius 2 is 1.86 bits per heavy atom. The van der Waals surface area contributed by atoms with Crippen molar-refractivity contribution >= 4 is 5.97 Å². The number of rotatable bonds is 8. The Balaban J connectivity index is 2.45. The van der Waals surface area contributed by atoms with Crippen LogP contribution in [0.15, 0.2) is 30.3 Å². The van der Waals surface area contributed by atoms with Gasteiger partial charge in [-0.25, -0.2) is 8.78 Å². The monoisotopic (exact) mass is 407 g/mol. The van der Waals surface area contributed by atoms with Gasteiger partial charge in [0.15, 0.2) is 11.6 Å². The van der Waals surface area contributed by atoms with E-state index in [1.807, 2.05) is 20.8 Å². The van der Waals surface area contributed by atoms with Crippen LogP contribution in [0.1, 0.15) is 26.3 Å². The number of carbonyl (C=O) groups is 1. The highest BCUT2D eigenvalue weighted by molar-refractivity contribution is 5.73. The molecule has 0 saturated carbocycles. The molecule has 0 saturated heterocycles. The van der Waals surface area contributed by atoms with Crippen LogP contribution < -0.4 is 9.47 Å². The Morgan fingerprint density at radius 1 is 1.17 bits per heavy atom. The van der Waals surface area contributed by atoms with Crippen LogP contribution in [-0.4, -0.2) is 49.8 Å². The van der Waals surface area contributed by atoms with Gasteiger partial charge in [0.05, 0.1) is 13.7 Å². The highest BCUT2D eigenvalue weighted by atomic mass is 19.1. The van der Waals surface area contributed by atoms with Crippen molar-refractivity contribution in [1.82, 2.24) is 4.90 Å². The molecule has 0 aromatic heterocycles. The molecular formula is C22H27F2NO4. The molecule has 0 amide bonds. The average molecular weight is 407 g/mol. The van der Waals surface area contributed by atoms with Gasteiger partial charge in [0.1, 0.15) is 18.2 Å². The fourth-order valence-corrected chi connectivity index (χ4v) is 2.97. The molecular weight excluding hydrogens is 380 g/mol. The molecule has 7 heteroatoms. The Labute approximate surface area is 169 Å². The fraction of sp³-hybridized carbons (Fsp3) is 0.409. The van der Waals surface area contributed by atoms with Gasteiger partial charge in [0, 0.05) is 17.7 Å². The Kier molecular flexibility index (Phi) is 7.19. The van der Waals surface area contributed by atoms with Gasteiger partial charge in [0.25, 0.3) is 0 Å². The van der Waals surface area contributed by atoms with Gasteiger partial charge < -0.3 is 14.6 Å². The molecule has 0 atom stereocenters. The van der Waals surface area contributed by atoms with Gasteiger partial charge in [0.2, 0.25) is 0 Å². The van der Waals surface area contributed by atoms with E-state index in [1.54, 1.807) is 18.0 Å². The SMILES string of the molecule is COc1ccc(-c2cc(F)cc(C(C)(C)C)c2OCCN(C)CC(=O)O)cc1F. The van der Waals surface area contributed by atoms with E-state index in [0.29, 0.717) is 29.0 Å². The summed E-state index contributed by atoms with van der Waals surface area (Å²) < 4.78 is 39.6. The number of ether oxygens (including phenoxy) is 2. The van der Waals surface area contributed by atoms with Crippen molar-refractivity contribution < 1.29 is 28.2 Å². The summed E-state index contributed by atoms with van der Waals surface area (Å²) in [7, 11) is 3.05. The molecule has 0 spiro atoms. The quantitative estimate of drug-likeness (QED) is 0.706. The number of carboxylic acid groups (broad SMARTS) is 1. The van der Waals surface area contributed by atoms with Gasteiger partial charge in [-0.05, 0) is 42.3 Å². The molecule has 0 aliphatic heterocycles. The third-order valence-corrected chi connectivity index (χ3v) is 4.45. The van der Waals surface area contributed by atoms with Crippen LogP contribution in [0.25, 0.3) is 11.1 Å². The van der Waals surface area contributed by atoms with Crippen molar-refractivity contribution in [2.45, 2.75) is 26.2 Å². The largest absolute Gasteiger partial charge is 0.494 e. The van der Waals surface area contributed by atoms with E-state index < -0.39 is 23.0 Å². The molecule has 0 unspecified atom stereocenters. The maximum absolute atomic E-state index is 14.4. The van der Waals surface area contributed by atoms with Gasteiger partial charge in [-0.2, -0.15) is 0 Å². The lowest BCUT2D eigenvalue weighted by molar-refractivity contribution is -0.138. The summed E-state index contributed by atoms with van der Waals surface area (Å²) in [6, 6.07) is 7.14. The molecule has 0 aliphatic rings. The van der Waals surface area contributed by atoms with Crippen LogP contribution in [0.4, 0.5) is 8.78 Å². The molecule has 2 aromatic rings. The zero-order valence-electron chi connectivity index (χ0n) is 17.4. The molecule has 0 fully saturated rings. The molecule has 2 rings (SSSR count). The molecule has 158 valence electrons. The van der Waals surface area contributed by atoms with E-state index in [-0.39, 0.29) is 18.9 Å². The number of carboxylic acids is 1. The Morgan fingerprint density at radius 3 is 2.41 bits per heavy atom. The summed E-state index contributed by atoms with van der Waals surface area (Å²) in [5.41, 5.74) is 1.11. The van der Waals surface area contributed by atoms with Crippen molar-refractivity contribution in [2.24, 2.45) is 0 Å². The van der Waals surface area contributed by atoms with E-state index in [9.17, 15) is 13.6 Å². The second-order valence-corrected chi connectivity index (χ2v) is 7.91. The fourth-order valence-electron chi connectivity index (χ4n) is 2.97. The van der Waals surface area contributed by atoms with E-state index in [1.165, 1.54) is 31.4 Å². The minimum absolute atomic E-state index is 0.0963. The average Bonchev–Trinajstić information content (AvgIpc) is 2.60. The summed E-state index contributed by atoms with van der Waals surface area (Å²) in [6.45, 7) is 6.25. The van der Waals surface area contributed by atoms with E-state index >= 15 is 0 Å². The van der Waals surface area contributed by atoms with E-state index in [4.69, 9.17) is 14.6 Å². The standard InChI is InChI=1S/C22H27F2NO4/c1-22(2,3)17-12-15(23)11-16(14-6-7-19(28-5)18(24)10-14)21(17)29-9-8-25(4)13-20(26)27/h6-7,10-12H,8-9,13H2,1-5H3,(H,26,27). The smallest absolute Gasteiger partial charge is 0.317 e. The van der Waals surface area contributed by atoms with Crippen molar-refractivity contribution in [3.05, 3.63) is 47.5 Å². The zero-order valence-corrected chi connectivity index (χ0v) is 17.4. The first-order valence-corrected chi connectivity index (χ1v) is 9.24. The van der Waals surface area contributed by atoms with Crippen LogP contribution in [-0.2, 0) is 10.2 Å². The lowest BCUT2D eigenvalue weighted by atomic mass is 9.84. The minimum Gasteiger partial charge on any atom is -0.494 e. The Bertz CT molecular complexity index is 878. The van der Waals surface area contributed by atoms with Crippen molar-refractivity contribution in [2.75, 3.05) is 33.9 Å². The number of methoxy groups -OCH3 is 1. The zero-order chi connectivity index (χ0) is 21.8. The first-order valence-electron chi connectivity index (χ1n) is 9.24. The maximum atomic E-state index is 14.4. The van der Waals surface area contributed by atoms with Gasteiger partial charge in [-0.1, -0.05) is 26.8 Å². The number of aliphatic carboxylic acids is 1. The first-order chi connectivity index (χ1) is 13.5. The molecule has 5 nitrogen and oxygen atoms in total. The Hall–Kier alpha value is -2.67. The molecule has 29 heavy (non-hydrogen) atoms. The molecule has 1 N–H and O–H groups in total. The lowest BCUT2D eigenvalue weighted by Crippen LogP contribution is -2.30. The summed E-state index contributed by atoms with van der Waals surface area (Å²) >= 11 is 0. The number of benzene rings is 2. The summed E-state index contributed by atoms with van der Waals surface area (Å²) in [6.07, 6.45) is 0. The lowest BCUT2D eigenvalue weighted by Gasteiger charge is -2.26. The maximum Gasteiger partial charge on any atom is 0.317 e. The molecule has 0 radical (unpaired) electrons. The van der Waals surface area contributed by atoms with Crippen molar-refractivity contribution in [3.8, 4) is 22.6 Å². The van der Waals surface area contributed by atoms with Gasteiger partial charge in [-0.3, -0.25) is 9.69 Å². The van der Waals surface area contributed by atoms with Gasteiger partial charge in [-0.15, -0.1) is 0 Å². The van der Waals surface area contributed by atoms with Crippen LogP contribution in [0, 0.1) is 11.6 Å². The molecule has 2 aromatic carbocycles. The van der Waals surface area contributed by atoms with Crippen LogP contribution in [0.2, 0.25) is 0 Å². The van der Waals surface area contributed by atoms with Crippen LogP contribution in [0.3, 0.4) is 0 Å². The molecule has 0 aliphatic carbocycles. The van der Waals surface area contributed by atoms with Crippen molar-refractivity contribution in [1.29, 1.82) is 0 Å². The van der Waals surface area contributed by atoms with Crippen LogP contribution >= 0.6 is 0 Å². The topological polar surface area (TPSA) is 59.0 Å². The molecule has 0 bridgehead atoms. The summed E-state index contributed by atoms with van der Waals surface area (Å²) in [4.78, 5) is 12.4. The van der Waals surface area contributed by atoms with E-state index in [0.717, 1.165) is 0 Å². The molecule has 0 heterocycles. The minimum atomic E-state index is -0.931. The second-order valence-electron chi connectivity index (χ2n) is 7.91. The number of likely N-dealkylation sites (N-methyl/N-ethyl adjacent to an activating group) is 1. The second kappa shape index (κ2) is 9.22. The summed E-state index contributed by atoms with van der Waals surface area (Å²) in [5.74, 6) is -1.39. The van der Waals surface area contributed by atoms with E-state index in [2.05, 4.69) is 0 Å². The number of halogens is 2. The third kappa shape index (κ3) is 5.90. The highest BCUT2D eigenvalue weighted by Gasteiger charge is 2.24. The van der Waals surface area contributed by atoms with Crippen molar-refractivity contribution in [3.63, 3.8) is 0 Å². The van der Waals surface area contributed by atoms with Gasteiger partial charge >= 0.3 is 5.97 Å². The van der Waals surface area contributed by atoms with Crippen LogP contribution in [0.5, 0.6) is 11.5 Å². The highest BCUT2D eigenvalue weighted by Crippen LogP contribution is 2.41. The number of nitrogens with zero attached hydrogens (tertiary/aromatic N) is 1. The number of hydrogen-bond donors (Lipinski definition) is 1. The normalized spacial score (nSPS) is 11.6. The number of hydrogen-bond acceptors (Lipinski definition) is 4. The predicted molar refractivity (Wildman–Crippen MR) is 108 cm³/mol. The summed E-state index contributed by atoms with van der Waals surface area (Å²) in [5, 5.41) is 8.87.